The fourth-order valence-corrected chi connectivity index (χ4v) is 3.98. The normalized spacial score (nSPS) is 21.4. The van der Waals surface area contributed by atoms with E-state index in [0.29, 0.717) is 6.04 Å². The summed E-state index contributed by atoms with van der Waals surface area (Å²) in [6, 6.07) is 8.35. The van der Waals surface area contributed by atoms with Crippen molar-refractivity contribution in [2.24, 2.45) is 0 Å². The van der Waals surface area contributed by atoms with Gasteiger partial charge in [-0.2, -0.15) is 0 Å². The van der Waals surface area contributed by atoms with Gasteiger partial charge in [0.1, 0.15) is 0 Å². The fourth-order valence-electron chi connectivity index (χ4n) is 3.98. The molecule has 2 fully saturated rings. The van der Waals surface area contributed by atoms with E-state index in [1.165, 1.54) is 13.5 Å². The number of alkyl carbamates (subject to hydrolysis) is 1. The van der Waals surface area contributed by atoms with E-state index in [0.717, 1.165) is 56.6 Å². The zero-order valence-electron chi connectivity index (χ0n) is 15.7. The first kappa shape index (κ1) is 18.5. The summed E-state index contributed by atoms with van der Waals surface area (Å²) >= 11 is 0. The van der Waals surface area contributed by atoms with Gasteiger partial charge >= 0.3 is 6.09 Å². The third kappa shape index (κ3) is 4.11. The molecule has 0 unspecified atom stereocenters. The molecule has 6 heteroatoms. The Kier molecular flexibility index (Phi) is 6.01. The first-order valence-corrected chi connectivity index (χ1v) is 9.59. The van der Waals surface area contributed by atoms with Gasteiger partial charge in [-0.15, -0.1) is 0 Å². The number of anilines is 1. The number of likely N-dealkylation sites (tertiary alicyclic amines) is 1. The summed E-state index contributed by atoms with van der Waals surface area (Å²) in [5, 5.41) is 2.87. The Morgan fingerprint density at radius 3 is 2.50 bits per heavy atom. The van der Waals surface area contributed by atoms with Crippen LogP contribution in [0.25, 0.3) is 0 Å². The molecule has 0 radical (unpaired) electrons. The number of methoxy groups -OCH3 is 1. The van der Waals surface area contributed by atoms with Gasteiger partial charge in [-0.25, -0.2) is 4.79 Å². The van der Waals surface area contributed by atoms with Gasteiger partial charge in [0.05, 0.1) is 12.7 Å². The van der Waals surface area contributed by atoms with Crippen LogP contribution in [0.5, 0.6) is 0 Å². The predicted octanol–water partition coefficient (Wildman–Crippen LogP) is 3.03. The van der Waals surface area contributed by atoms with Crippen LogP contribution in [0.3, 0.4) is 0 Å². The van der Waals surface area contributed by atoms with Gasteiger partial charge in [-0.3, -0.25) is 4.79 Å². The Morgan fingerprint density at radius 1 is 1.08 bits per heavy atom. The van der Waals surface area contributed by atoms with Gasteiger partial charge < -0.3 is 19.9 Å². The second-order valence-corrected chi connectivity index (χ2v) is 7.26. The van der Waals surface area contributed by atoms with Gasteiger partial charge in [0.2, 0.25) is 0 Å². The molecule has 0 spiro atoms. The molecule has 2 amide bonds. The van der Waals surface area contributed by atoms with E-state index in [1.807, 2.05) is 29.2 Å². The molecule has 2 saturated heterocycles. The molecule has 6 nitrogen and oxygen atoms in total. The smallest absolute Gasteiger partial charge is 0.407 e. The van der Waals surface area contributed by atoms with Crippen molar-refractivity contribution in [1.82, 2.24) is 10.2 Å². The minimum absolute atomic E-state index is 0.128. The Balaban J connectivity index is 1.70. The van der Waals surface area contributed by atoms with Crippen LogP contribution in [0, 0.1) is 0 Å². The van der Waals surface area contributed by atoms with Crippen LogP contribution in [-0.4, -0.2) is 55.7 Å². The van der Waals surface area contributed by atoms with Crippen molar-refractivity contribution in [2.75, 3.05) is 31.6 Å². The van der Waals surface area contributed by atoms with Crippen molar-refractivity contribution in [3.8, 4) is 0 Å². The van der Waals surface area contributed by atoms with Crippen LogP contribution in [0.15, 0.2) is 24.3 Å². The summed E-state index contributed by atoms with van der Waals surface area (Å²) in [4.78, 5) is 28.8. The molecule has 0 bridgehead atoms. The highest BCUT2D eigenvalue weighted by molar-refractivity contribution is 6.00. The molecule has 0 saturated carbocycles. The second kappa shape index (κ2) is 8.43. The Labute approximate surface area is 155 Å². The zero-order valence-corrected chi connectivity index (χ0v) is 15.7. The molecule has 26 heavy (non-hydrogen) atoms. The standard InChI is InChI=1S/C20H29N3O3/c1-15-7-5-6-12-23(15)19(24)17-8-3-4-9-18(17)22-13-10-16(11-14-22)21-20(25)26-2/h3-4,8-9,15-16H,5-7,10-14H2,1-2H3,(H,21,25)/t15-/m0/s1. The number of ether oxygens (including phenoxy) is 1. The number of para-hydroxylation sites is 1. The second-order valence-electron chi connectivity index (χ2n) is 7.26. The van der Waals surface area contributed by atoms with E-state index in [-0.39, 0.29) is 18.0 Å². The first-order valence-electron chi connectivity index (χ1n) is 9.59. The van der Waals surface area contributed by atoms with Crippen LogP contribution in [0.1, 0.15) is 49.4 Å². The van der Waals surface area contributed by atoms with Crippen molar-refractivity contribution in [3.63, 3.8) is 0 Å². The number of piperidine rings is 2. The van der Waals surface area contributed by atoms with Crippen LogP contribution in [0.4, 0.5) is 10.5 Å². The number of carbonyl (C=O) groups is 2. The van der Waals surface area contributed by atoms with Crippen LogP contribution in [0.2, 0.25) is 0 Å². The third-order valence-corrected chi connectivity index (χ3v) is 5.54. The highest BCUT2D eigenvalue weighted by Gasteiger charge is 2.28. The van der Waals surface area contributed by atoms with Crippen molar-refractivity contribution in [2.45, 2.75) is 51.1 Å². The number of nitrogens with zero attached hydrogens (tertiary/aromatic N) is 2. The van der Waals surface area contributed by atoms with E-state index < -0.39 is 0 Å². The van der Waals surface area contributed by atoms with Crippen LogP contribution >= 0.6 is 0 Å². The summed E-state index contributed by atoms with van der Waals surface area (Å²) in [5.41, 5.74) is 1.80. The lowest BCUT2D eigenvalue weighted by molar-refractivity contribution is 0.0636. The summed E-state index contributed by atoms with van der Waals surface area (Å²) in [7, 11) is 1.38. The van der Waals surface area contributed by atoms with E-state index in [2.05, 4.69) is 21.9 Å². The van der Waals surface area contributed by atoms with Gasteiger partial charge in [0.25, 0.3) is 5.91 Å². The van der Waals surface area contributed by atoms with Crippen molar-refractivity contribution in [3.05, 3.63) is 29.8 Å². The number of benzene rings is 1. The molecular weight excluding hydrogens is 330 g/mol. The Morgan fingerprint density at radius 2 is 1.81 bits per heavy atom. The van der Waals surface area contributed by atoms with Crippen LogP contribution < -0.4 is 10.2 Å². The first-order chi connectivity index (χ1) is 12.6. The van der Waals surface area contributed by atoms with E-state index >= 15 is 0 Å². The molecule has 1 atom stereocenters. The topological polar surface area (TPSA) is 61.9 Å². The number of hydrogen-bond donors (Lipinski definition) is 1. The molecule has 0 aromatic heterocycles. The highest BCUT2D eigenvalue weighted by Crippen LogP contribution is 2.27. The minimum Gasteiger partial charge on any atom is -0.453 e. The summed E-state index contributed by atoms with van der Waals surface area (Å²) in [5.74, 6) is 0.141. The molecule has 0 aliphatic carbocycles. The molecule has 1 N–H and O–H groups in total. The van der Waals surface area contributed by atoms with Crippen molar-refractivity contribution in [1.29, 1.82) is 0 Å². The third-order valence-electron chi connectivity index (χ3n) is 5.54. The summed E-state index contributed by atoms with van der Waals surface area (Å²) in [6.45, 7) is 4.62. The number of nitrogens with one attached hydrogen (secondary N) is 1. The monoisotopic (exact) mass is 359 g/mol. The molecule has 2 heterocycles. The van der Waals surface area contributed by atoms with Gasteiger partial charge in [-0.05, 0) is 51.2 Å². The maximum atomic E-state index is 13.1. The molecule has 1 aromatic carbocycles. The average molecular weight is 359 g/mol. The molecule has 142 valence electrons. The Hall–Kier alpha value is -2.24. The van der Waals surface area contributed by atoms with E-state index in [4.69, 9.17) is 0 Å². The lowest BCUT2D eigenvalue weighted by atomic mass is 10.00. The van der Waals surface area contributed by atoms with Gasteiger partial charge in [0.15, 0.2) is 0 Å². The zero-order chi connectivity index (χ0) is 18.5. The van der Waals surface area contributed by atoms with E-state index in [9.17, 15) is 9.59 Å². The number of carbonyl (C=O) groups excluding carboxylic acids is 2. The van der Waals surface area contributed by atoms with Crippen molar-refractivity contribution < 1.29 is 14.3 Å². The number of amides is 2. The lowest BCUT2D eigenvalue weighted by Gasteiger charge is -2.37. The van der Waals surface area contributed by atoms with E-state index in [1.54, 1.807) is 0 Å². The summed E-state index contributed by atoms with van der Waals surface area (Å²) in [6.07, 6.45) is 4.68. The maximum absolute atomic E-state index is 13.1. The van der Waals surface area contributed by atoms with Crippen molar-refractivity contribution >= 4 is 17.7 Å². The average Bonchev–Trinajstić information content (AvgIpc) is 2.68. The highest BCUT2D eigenvalue weighted by atomic mass is 16.5. The number of hydrogen-bond acceptors (Lipinski definition) is 4. The largest absolute Gasteiger partial charge is 0.453 e. The molecule has 2 aliphatic heterocycles. The fraction of sp³-hybridized carbons (Fsp3) is 0.600. The quantitative estimate of drug-likeness (QED) is 0.901. The van der Waals surface area contributed by atoms with Gasteiger partial charge in [0, 0.05) is 37.4 Å². The lowest BCUT2D eigenvalue weighted by Crippen LogP contribution is -2.46. The molecule has 1 aromatic rings. The molecular formula is C20H29N3O3. The summed E-state index contributed by atoms with van der Waals surface area (Å²) < 4.78 is 4.68. The predicted molar refractivity (Wildman–Crippen MR) is 102 cm³/mol. The van der Waals surface area contributed by atoms with Crippen LogP contribution in [-0.2, 0) is 4.74 Å². The SMILES string of the molecule is COC(=O)NC1CCN(c2ccccc2C(=O)N2CCCC[C@@H]2C)CC1. The maximum Gasteiger partial charge on any atom is 0.407 e. The Bertz CT molecular complexity index is 641. The van der Waals surface area contributed by atoms with Gasteiger partial charge in [-0.1, -0.05) is 12.1 Å². The minimum atomic E-state index is -0.377. The molecule has 3 rings (SSSR count). The molecule has 2 aliphatic rings. The number of rotatable bonds is 3.